The molecule has 5 nitrogen and oxygen atoms in total. The maximum absolute atomic E-state index is 5.74. The van der Waals surface area contributed by atoms with Crippen molar-refractivity contribution in [1.82, 2.24) is 10.3 Å². The van der Waals surface area contributed by atoms with Crippen LogP contribution in [0.25, 0.3) is 0 Å². The minimum absolute atomic E-state index is 0. The summed E-state index contributed by atoms with van der Waals surface area (Å²) >= 11 is 0. The van der Waals surface area contributed by atoms with Crippen LogP contribution < -0.4 is 15.8 Å². The van der Waals surface area contributed by atoms with Gasteiger partial charge in [-0.1, -0.05) is 18.2 Å². The zero-order valence-corrected chi connectivity index (χ0v) is 15.5. The first-order valence-corrected chi connectivity index (χ1v) is 6.58. The molecule has 0 spiro atoms. The van der Waals surface area contributed by atoms with Gasteiger partial charge in [0.25, 0.3) is 0 Å². The van der Waals surface area contributed by atoms with Crippen molar-refractivity contribution in [3.05, 3.63) is 36.0 Å². The standard InChI is InChI=1S/C15H24N4O.HI/c1-11(2)8-18-14(16)19-10-12-6-7-13(17-9-12)20-15(3,4)5;/h6-7,9H,1,8,10H2,2-5H3,(H3,16,18,19);1H. The summed E-state index contributed by atoms with van der Waals surface area (Å²) in [5.41, 5.74) is 7.48. The van der Waals surface area contributed by atoms with E-state index in [9.17, 15) is 0 Å². The van der Waals surface area contributed by atoms with Crippen molar-refractivity contribution in [3.8, 4) is 5.88 Å². The third kappa shape index (κ3) is 9.28. The van der Waals surface area contributed by atoms with Gasteiger partial charge in [-0.3, -0.25) is 0 Å². The molecule has 0 aromatic carbocycles. The molecule has 21 heavy (non-hydrogen) atoms. The minimum atomic E-state index is -0.246. The Hall–Kier alpha value is -1.31. The Morgan fingerprint density at radius 2 is 2.10 bits per heavy atom. The fourth-order valence-corrected chi connectivity index (χ4v) is 1.35. The lowest BCUT2D eigenvalue weighted by Crippen LogP contribution is -2.32. The van der Waals surface area contributed by atoms with Crippen molar-refractivity contribution in [3.63, 3.8) is 0 Å². The van der Waals surface area contributed by atoms with Gasteiger partial charge in [0.1, 0.15) is 5.60 Å². The highest BCUT2D eigenvalue weighted by Crippen LogP contribution is 2.15. The SMILES string of the molecule is C=C(C)CNC(N)=NCc1ccc(OC(C)(C)C)nc1.I. The van der Waals surface area contributed by atoms with Crippen molar-refractivity contribution >= 4 is 29.9 Å². The Balaban J connectivity index is 0.00000400. The zero-order valence-electron chi connectivity index (χ0n) is 13.1. The molecule has 0 aliphatic rings. The van der Waals surface area contributed by atoms with Gasteiger partial charge in [-0.25, -0.2) is 9.98 Å². The number of nitrogens with two attached hydrogens (primary N) is 1. The van der Waals surface area contributed by atoms with E-state index in [4.69, 9.17) is 10.5 Å². The molecule has 6 heteroatoms. The molecule has 3 N–H and O–H groups in total. The average molecular weight is 404 g/mol. The highest BCUT2D eigenvalue weighted by molar-refractivity contribution is 14.0. The maximum atomic E-state index is 5.74. The molecule has 118 valence electrons. The van der Waals surface area contributed by atoms with Gasteiger partial charge in [-0.15, -0.1) is 24.0 Å². The molecular weight excluding hydrogens is 379 g/mol. The van der Waals surface area contributed by atoms with E-state index in [1.807, 2.05) is 39.8 Å². The molecule has 0 bridgehead atoms. The Morgan fingerprint density at radius 3 is 2.57 bits per heavy atom. The number of nitrogens with one attached hydrogen (secondary N) is 1. The molecule has 0 aliphatic carbocycles. The Kier molecular flexibility index (Phi) is 8.31. The molecule has 0 fully saturated rings. The first kappa shape index (κ1) is 19.7. The van der Waals surface area contributed by atoms with Crippen LogP contribution in [0.15, 0.2) is 35.5 Å². The fraction of sp³-hybridized carbons (Fsp3) is 0.467. The minimum Gasteiger partial charge on any atom is -0.472 e. The summed E-state index contributed by atoms with van der Waals surface area (Å²) < 4.78 is 5.65. The van der Waals surface area contributed by atoms with E-state index in [-0.39, 0.29) is 29.6 Å². The summed E-state index contributed by atoms with van der Waals surface area (Å²) in [6, 6.07) is 3.78. The van der Waals surface area contributed by atoms with Crippen LogP contribution in [0.5, 0.6) is 5.88 Å². The van der Waals surface area contributed by atoms with Crippen LogP contribution in [-0.4, -0.2) is 23.1 Å². The molecule has 1 rings (SSSR count). The molecule has 0 atom stereocenters. The summed E-state index contributed by atoms with van der Waals surface area (Å²) in [5.74, 6) is 1.02. The smallest absolute Gasteiger partial charge is 0.213 e. The molecule has 0 radical (unpaired) electrons. The third-order valence-corrected chi connectivity index (χ3v) is 2.21. The van der Waals surface area contributed by atoms with Crippen LogP contribution in [0.1, 0.15) is 33.3 Å². The lowest BCUT2D eigenvalue weighted by atomic mass is 10.2. The number of rotatable bonds is 5. The Bertz CT molecular complexity index is 477. The van der Waals surface area contributed by atoms with Crippen molar-refractivity contribution in [2.45, 2.75) is 39.8 Å². The predicted octanol–water partition coefficient (Wildman–Crippen LogP) is 2.86. The van der Waals surface area contributed by atoms with E-state index in [1.54, 1.807) is 6.20 Å². The molecular formula is C15H25IN4O. The van der Waals surface area contributed by atoms with E-state index in [0.29, 0.717) is 24.9 Å². The average Bonchev–Trinajstić information content (AvgIpc) is 2.33. The molecule has 0 saturated heterocycles. The van der Waals surface area contributed by atoms with Crippen LogP contribution >= 0.6 is 24.0 Å². The number of guanidine groups is 1. The number of ether oxygens (including phenoxy) is 1. The lowest BCUT2D eigenvalue weighted by molar-refractivity contribution is 0.124. The topological polar surface area (TPSA) is 72.5 Å². The van der Waals surface area contributed by atoms with Gasteiger partial charge in [0.2, 0.25) is 5.88 Å². The summed E-state index contributed by atoms with van der Waals surface area (Å²) in [6.45, 7) is 12.8. The van der Waals surface area contributed by atoms with Crippen LogP contribution in [-0.2, 0) is 6.54 Å². The van der Waals surface area contributed by atoms with E-state index in [2.05, 4.69) is 21.9 Å². The molecule has 0 aliphatic heterocycles. The molecule has 1 aromatic heterocycles. The number of hydrogen-bond donors (Lipinski definition) is 2. The van der Waals surface area contributed by atoms with Crippen molar-refractivity contribution in [2.75, 3.05) is 6.54 Å². The van der Waals surface area contributed by atoms with E-state index < -0.39 is 0 Å². The van der Waals surface area contributed by atoms with Gasteiger partial charge < -0.3 is 15.8 Å². The number of aromatic nitrogens is 1. The van der Waals surface area contributed by atoms with Gasteiger partial charge in [-0.2, -0.15) is 0 Å². The largest absolute Gasteiger partial charge is 0.472 e. The Morgan fingerprint density at radius 1 is 1.43 bits per heavy atom. The Labute approximate surface area is 144 Å². The maximum Gasteiger partial charge on any atom is 0.213 e. The van der Waals surface area contributed by atoms with Crippen LogP contribution in [0.4, 0.5) is 0 Å². The summed E-state index contributed by atoms with van der Waals surface area (Å²) in [6.07, 6.45) is 1.75. The number of nitrogens with zero attached hydrogens (tertiary/aromatic N) is 2. The molecule has 1 aromatic rings. The zero-order chi connectivity index (χ0) is 15.2. The third-order valence-electron chi connectivity index (χ3n) is 2.21. The van der Waals surface area contributed by atoms with Crippen LogP contribution in [0.3, 0.4) is 0 Å². The van der Waals surface area contributed by atoms with Crippen LogP contribution in [0, 0.1) is 0 Å². The fourth-order valence-electron chi connectivity index (χ4n) is 1.35. The number of halogens is 1. The van der Waals surface area contributed by atoms with Gasteiger partial charge >= 0.3 is 0 Å². The van der Waals surface area contributed by atoms with Crippen molar-refractivity contribution in [2.24, 2.45) is 10.7 Å². The first-order valence-electron chi connectivity index (χ1n) is 6.58. The highest BCUT2D eigenvalue weighted by atomic mass is 127. The van der Waals surface area contributed by atoms with Crippen molar-refractivity contribution < 1.29 is 4.74 Å². The van der Waals surface area contributed by atoms with Gasteiger partial charge in [0.15, 0.2) is 5.96 Å². The summed E-state index contributed by atoms with van der Waals surface area (Å²) in [5, 5.41) is 2.98. The van der Waals surface area contributed by atoms with E-state index in [0.717, 1.165) is 11.1 Å². The number of aliphatic imine (C=N–C) groups is 1. The van der Waals surface area contributed by atoms with E-state index >= 15 is 0 Å². The van der Waals surface area contributed by atoms with Crippen LogP contribution in [0.2, 0.25) is 0 Å². The number of pyridine rings is 1. The normalized spacial score (nSPS) is 11.5. The predicted molar refractivity (Wildman–Crippen MR) is 98.2 cm³/mol. The second-order valence-corrected chi connectivity index (χ2v) is 5.73. The van der Waals surface area contributed by atoms with Gasteiger partial charge in [0, 0.05) is 18.8 Å². The molecule has 0 saturated carbocycles. The molecule has 1 heterocycles. The van der Waals surface area contributed by atoms with Gasteiger partial charge in [-0.05, 0) is 33.3 Å². The summed E-state index contributed by atoms with van der Waals surface area (Å²) in [7, 11) is 0. The second kappa shape index (κ2) is 8.86. The van der Waals surface area contributed by atoms with E-state index in [1.165, 1.54) is 0 Å². The molecule has 0 amide bonds. The first-order chi connectivity index (χ1) is 9.26. The lowest BCUT2D eigenvalue weighted by Gasteiger charge is -2.20. The second-order valence-electron chi connectivity index (χ2n) is 5.73. The van der Waals surface area contributed by atoms with Crippen molar-refractivity contribution in [1.29, 1.82) is 0 Å². The molecule has 0 unspecified atom stereocenters. The highest BCUT2D eigenvalue weighted by Gasteiger charge is 2.12. The quantitative estimate of drug-likeness (QED) is 0.343. The number of hydrogen-bond acceptors (Lipinski definition) is 3. The monoisotopic (exact) mass is 404 g/mol. The van der Waals surface area contributed by atoms with Gasteiger partial charge in [0.05, 0.1) is 6.54 Å². The summed E-state index contributed by atoms with van der Waals surface area (Å²) in [4.78, 5) is 8.48.